The topological polar surface area (TPSA) is 56.3 Å². The quantitative estimate of drug-likeness (QED) is 0.653. The van der Waals surface area contributed by atoms with Crippen LogP contribution in [0.25, 0.3) is 0 Å². The number of nitrogens with one attached hydrogen (secondary N) is 1. The van der Waals surface area contributed by atoms with Gasteiger partial charge in [0, 0.05) is 24.7 Å². The number of anilines is 1. The highest BCUT2D eigenvalue weighted by atomic mass is 32.1. The van der Waals surface area contributed by atoms with Crippen LogP contribution < -0.4 is 5.32 Å². The van der Waals surface area contributed by atoms with Gasteiger partial charge in [0.25, 0.3) is 0 Å². The molecule has 1 aromatic rings. The second-order valence-corrected chi connectivity index (χ2v) is 4.39. The van der Waals surface area contributed by atoms with Gasteiger partial charge in [0.1, 0.15) is 10.7 Å². The average Bonchev–Trinajstić information content (AvgIpc) is 2.78. The number of hydrogen-bond donors (Lipinski definition) is 1. The van der Waals surface area contributed by atoms with Crippen molar-refractivity contribution in [2.75, 3.05) is 31.7 Å². The Morgan fingerprint density at radius 1 is 1.12 bits per heavy atom. The zero-order valence-corrected chi connectivity index (χ0v) is 11.4. The van der Waals surface area contributed by atoms with Gasteiger partial charge in [0.2, 0.25) is 0 Å². The molecule has 0 fully saturated rings. The lowest BCUT2D eigenvalue weighted by Gasteiger charge is -2.05. The van der Waals surface area contributed by atoms with E-state index in [9.17, 15) is 0 Å². The van der Waals surface area contributed by atoms with E-state index in [0.717, 1.165) is 36.7 Å². The van der Waals surface area contributed by atoms with E-state index in [1.807, 2.05) is 0 Å². The molecule has 0 bridgehead atoms. The van der Waals surface area contributed by atoms with Crippen LogP contribution in [0.4, 0.5) is 5.00 Å². The lowest BCUT2D eigenvalue weighted by atomic mass is 10.4. The highest BCUT2D eigenvalue weighted by Gasteiger charge is 2.06. The predicted molar refractivity (Wildman–Crippen MR) is 69.5 cm³/mol. The van der Waals surface area contributed by atoms with Crippen LogP contribution in [-0.2, 0) is 16.1 Å². The van der Waals surface area contributed by atoms with Gasteiger partial charge < -0.3 is 14.8 Å². The Balaban J connectivity index is 2.15. The van der Waals surface area contributed by atoms with E-state index in [0.29, 0.717) is 19.8 Å². The number of aromatic nitrogens is 2. The van der Waals surface area contributed by atoms with Crippen LogP contribution in [0.15, 0.2) is 0 Å². The fourth-order valence-electron chi connectivity index (χ4n) is 1.21. The summed E-state index contributed by atoms with van der Waals surface area (Å²) < 4.78 is 14.7. The summed E-state index contributed by atoms with van der Waals surface area (Å²) >= 11 is 1.38. The van der Waals surface area contributed by atoms with Crippen molar-refractivity contribution in [2.45, 2.75) is 33.3 Å². The minimum atomic E-state index is 0.498. The van der Waals surface area contributed by atoms with Crippen LogP contribution in [0.3, 0.4) is 0 Å². The number of nitrogens with zero attached hydrogens (tertiary/aromatic N) is 2. The molecule has 0 atom stereocenters. The zero-order valence-electron chi connectivity index (χ0n) is 10.6. The lowest BCUT2D eigenvalue weighted by Crippen LogP contribution is -2.07. The molecule has 0 amide bonds. The summed E-state index contributed by atoms with van der Waals surface area (Å²) in [6.45, 7) is 7.70. The molecule has 0 radical (unpaired) electrons. The van der Waals surface area contributed by atoms with Crippen LogP contribution in [0.1, 0.15) is 32.4 Å². The van der Waals surface area contributed by atoms with E-state index in [2.05, 4.69) is 28.8 Å². The molecule has 98 valence electrons. The molecular weight excluding hydrogens is 238 g/mol. The minimum absolute atomic E-state index is 0.498. The molecule has 0 spiro atoms. The van der Waals surface area contributed by atoms with Gasteiger partial charge in [-0.05, 0) is 12.8 Å². The van der Waals surface area contributed by atoms with E-state index in [1.54, 1.807) is 0 Å². The van der Waals surface area contributed by atoms with E-state index >= 15 is 0 Å². The van der Waals surface area contributed by atoms with Crippen molar-refractivity contribution in [2.24, 2.45) is 0 Å². The van der Waals surface area contributed by atoms with Crippen molar-refractivity contribution < 1.29 is 9.47 Å². The first-order chi connectivity index (χ1) is 8.38. The summed E-state index contributed by atoms with van der Waals surface area (Å²) in [6, 6.07) is 0. The zero-order chi connectivity index (χ0) is 12.3. The van der Waals surface area contributed by atoms with Crippen LogP contribution in [-0.4, -0.2) is 36.0 Å². The molecule has 0 saturated carbocycles. The Bertz CT molecular complexity index is 294. The molecule has 5 nitrogen and oxygen atoms in total. The molecule has 1 heterocycles. The molecule has 6 heteroatoms. The SMILES string of the molecule is CCCNc1snnc1COCCOCCC. The highest BCUT2D eigenvalue weighted by molar-refractivity contribution is 7.10. The van der Waals surface area contributed by atoms with Gasteiger partial charge in [-0.2, -0.15) is 0 Å². The molecule has 0 aliphatic carbocycles. The van der Waals surface area contributed by atoms with Gasteiger partial charge in [-0.3, -0.25) is 0 Å². The number of rotatable bonds is 10. The minimum Gasteiger partial charge on any atom is -0.379 e. The first-order valence-electron chi connectivity index (χ1n) is 6.09. The maximum absolute atomic E-state index is 5.48. The third kappa shape index (κ3) is 5.95. The van der Waals surface area contributed by atoms with E-state index in [1.165, 1.54) is 11.5 Å². The maximum Gasteiger partial charge on any atom is 0.135 e. The van der Waals surface area contributed by atoms with Crippen molar-refractivity contribution in [1.82, 2.24) is 9.59 Å². The van der Waals surface area contributed by atoms with Gasteiger partial charge in [0.05, 0.1) is 19.8 Å². The molecule has 0 aromatic carbocycles. The van der Waals surface area contributed by atoms with Gasteiger partial charge in [-0.25, -0.2) is 0 Å². The van der Waals surface area contributed by atoms with Crippen molar-refractivity contribution in [1.29, 1.82) is 0 Å². The first kappa shape index (κ1) is 14.3. The second kappa shape index (κ2) is 9.32. The summed E-state index contributed by atoms with van der Waals surface area (Å²) in [5.41, 5.74) is 0.888. The Kier molecular flexibility index (Phi) is 7.87. The number of ether oxygens (including phenoxy) is 2. The molecule has 0 saturated heterocycles. The molecule has 0 unspecified atom stereocenters. The maximum atomic E-state index is 5.48. The fourth-order valence-corrected chi connectivity index (χ4v) is 1.80. The Morgan fingerprint density at radius 3 is 2.71 bits per heavy atom. The normalized spacial score (nSPS) is 10.7. The van der Waals surface area contributed by atoms with Crippen LogP contribution in [0, 0.1) is 0 Å². The van der Waals surface area contributed by atoms with Gasteiger partial charge in [0.15, 0.2) is 0 Å². The highest BCUT2D eigenvalue weighted by Crippen LogP contribution is 2.18. The molecule has 1 N–H and O–H groups in total. The van der Waals surface area contributed by atoms with Crippen molar-refractivity contribution in [3.63, 3.8) is 0 Å². The standard InChI is InChI=1S/C11H21N3O2S/c1-3-5-12-11-10(13-14-17-11)9-16-8-7-15-6-4-2/h12H,3-9H2,1-2H3. The van der Waals surface area contributed by atoms with Gasteiger partial charge in [-0.1, -0.05) is 18.3 Å². The van der Waals surface area contributed by atoms with Crippen LogP contribution in [0.2, 0.25) is 0 Å². The number of hydrogen-bond acceptors (Lipinski definition) is 6. The van der Waals surface area contributed by atoms with Crippen molar-refractivity contribution >= 4 is 16.5 Å². The lowest BCUT2D eigenvalue weighted by molar-refractivity contribution is 0.0399. The Labute approximate surface area is 107 Å². The van der Waals surface area contributed by atoms with Gasteiger partial charge >= 0.3 is 0 Å². The van der Waals surface area contributed by atoms with E-state index in [4.69, 9.17) is 9.47 Å². The predicted octanol–water partition coefficient (Wildman–Crippen LogP) is 2.30. The third-order valence-electron chi connectivity index (χ3n) is 2.05. The summed E-state index contributed by atoms with van der Waals surface area (Å²) in [6.07, 6.45) is 2.13. The Hall–Kier alpha value is -0.720. The summed E-state index contributed by atoms with van der Waals surface area (Å²) in [4.78, 5) is 0. The third-order valence-corrected chi connectivity index (χ3v) is 2.78. The van der Waals surface area contributed by atoms with E-state index in [-0.39, 0.29) is 0 Å². The Morgan fingerprint density at radius 2 is 1.94 bits per heavy atom. The second-order valence-electron chi connectivity index (χ2n) is 3.64. The largest absolute Gasteiger partial charge is 0.379 e. The molecule has 0 aliphatic rings. The summed E-state index contributed by atoms with van der Waals surface area (Å²) in [5.74, 6) is 0. The molecule has 0 aliphatic heterocycles. The van der Waals surface area contributed by atoms with Crippen LogP contribution in [0.5, 0.6) is 0 Å². The monoisotopic (exact) mass is 259 g/mol. The molecular formula is C11H21N3O2S. The van der Waals surface area contributed by atoms with Gasteiger partial charge in [-0.15, -0.1) is 5.10 Å². The fraction of sp³-hybridized carbons (Fsp3) is 0.818. The van der Waals surface area contributed by atoms with Crippen LogP contribution >= 0.6 is 11.5 Å². The van der Waals surface area contributed by atoms with Crippen molar-refractivity contribution in [3.8, 4) is 0 Å². The summed E-state index contributed by atoms with van der Waals surface area (Å²) in [7, 11) is 0. The summed E-state index contributed by atoms with van der Waals surface area (Å²) in [5, 5.41) is 8.34. The van der Waals surface area contributed by atoms with Crippen molar-refractivity contribution in [3.05, 3.63) is 5.69 Å². The molecule has 17 heavy (non-hydrogen) atoms. The first-order valence-corrected chi connectivity index (χ1v) is 6.86. The van der Waals surface area contributed by atoms with E-state index < -0.39 is 0 Å². The molecule has 1 aromatic heterocycles. The smallest absolute Gasteiger partial charge is 0.135 e. The molecule has 1 rings (SSSR count). The average molecular weight is 259 g/mol.